The fraction of sp³-hybridized carbons (Fsp3) is 0.900. The average Bonchev–Trinajstić information content (AvgIpc) is 2.85. The number of esters is 1. The van der Waals surface area contributed by atoms with Crippen molar-refractivity contribution in [3.05, 3.63) is 0 Å². The molecule has 2 aliphatic rings. The predicted octanol–water partition coefficient (Wildman–Crippen LogP) is -3.58. The maximum atomic E-state index is 10.2. The van der Waals surface area contributed by atoms with E-state index in [1.54, 1.807) is 0 Å². The number of carbonyl (C=O) groups excluding carboxylic acids is 2. The number of hydrogen-bond acceptors (Lipinski definition) is 14. The van der Waals surface area contributed by atoms with Gasteiger partial charge in [-0.05, 0) is 0 Å². The summed E-state index contributed by atoms with van der Waals surface area (Å²) in [6.45, 7) is 3.25. The molecule has 2 heterocycles. The minimum Gasteiger partial charge on any atom is -0.469 e. The largest absolute Gasteiger partial charge is 0.469 e. The molecule has 0 amide bonds. The minimum atomic E-state index is -1.68. The summed E-state index contributed by atoms with van der Waals surface area (Å²) in [7, 11) is 2.64. The topological polar surface area (TPSA) is 222 Å². The Balaban J connectivity index is 0.000000924. The van der Waals surface area contributed by atoms with Crippen LogP contribution in [0.25, 0.3) is 0 Å². The molecule has 2 aliphatic heterocycles. The van der Waals surface area contributed by atoms with Gasteiger partial charge in [-0.2, -0.15) is 0 Å². The Morgan fingerprint density at radius 3 is 2.00 bits per heavy atom. The zero-order valence-corrected chi connectivity index (χ0v) is 19.7. The van der Waals surface area contributed by atoms with E-state index in [0.29, 0.717) is 6.29 Å². The van der Waals surface area contributed by atoms with Gasteiger partial charge in [0.05, 0.1) is 26.7 Å². The van der Waals surface area contributed by atoms with Crippen LogP contribution < -0.4 is 0 Å². The number of rotatable bonds is 8. The van der Waals surface area contributed by atoms with Gasteiger partial charge in [0.25, 0.3) is 0 Å². The highest BCUT2D eigenvalue weighted by atomic mass is 16.7. The van der Waals surface area contributed by atoms with Crippen LogP contribution in [0.4, 0.5) is 0 Å². The van der Waals surface area contributed by atoms with Crippen LogP contribution in [0.3, 0.4) is 0 Å². The third-order valence-electron chi connectivity index (χ3n) is 4.82. The van der Waals surface area contributed by atoms with Crippen LogP contribution in [0.5, 0.6) is 0 Å². The van der Waals surface area contributed by atoms with E-state index in [9.17, 15) is 40.2 Å². The lowest BCUT2D eigenvalue weighted by Crippen LogP contribution is -2.64. The maximum absolute atomic E-state index is 10.2. The molecule has 0 bridgehead atoms. The van der Waals surface area contributed by atoms with Crippen LogP contribution >= 0.6 is 0 Å². The number of aldehydes is 1. The van der Waals surface area contributed by atoms with Gasteiger partial charge in [0, 0.05) is 13.5 Å². The van der Waals surface area contributed by atoms with Crippen LogP contribution in [0, 0.1) is 0 Å². The molecule has 2 saturated heterocycles. The summed E-state index contributed by atoms with van der Waals surface area (Å²) >= 11 is 0. The summed E-state index contributed by atoms with van der Waals surface area (Å²) in [6.07, 6.45) is -13.7. The van der Waals surface area contributed by atoms with Gasteiger partial charge in [-0.15, -0.1) is 0 Å². The average molecular weight is 503 g/mol. The Kier molecular flexibility index (Phi) is 16.5. The highest BCUT2D eigenvalue weighted by molar-refractivity contribution is 5.72. The molecule has 0 radical (unpaired) electrons. The van der Waals surface area contributed by atoms with Crippen molar-refractivity contribution in [3.8, 4) is 0 Å². The lowest BCUT2D eigenvalue weighted by Gasteiger charge is -2.45. The van der Waals surface area contributed by atoms with Crippen molar-refractivity contribution >= 4 is 12.3 Å². The summed E-state index contributed by atoms with van der Waals surface area (Å²) in [4.78, 5) is 19.8. The highest BCUT2D eigenvalue weighted by Crippen LogP contribution is 2.28. The van der Waals surface area contributed by atoms with Gasteiger partial charge in [0.15, 0.2) is 12.6 Å². The molecule has 10 unspecified atom stereocenters. The fourth-order valence-electron chi connectivity index (χ4n) is 3.00. The van der Waals surface area contributed by atoms with Crippen molar-refractivity contribution in [2.75, 3.05) is 27.4 Å². The summed E-state index contributed by atoms with van der Waals surface area (Å²) in [5, 5.41) is 67.9. The molecule has 0 saturated carbocycles. The first kappa shape index (κ1) is 32.7. The Hall–Kier alpha value is -1.30. The van der Waals surface area contributed by atoms with Crippen LogP contribution in [0.1, 0.15) is 26.7 Å². The van der Waals surface area contributed by atoms with E-state index in [1.165, 1.54) is 14.2 Å². The van der Waals surface area contributed by atoms with Crippen molar-refractivity contribution in [2.24, 2.45) is 0 Å². The normalized spacial score (nSPS) is 37.4. The summed E-state index contributed by atoms with van der Waals surface area (Å²) in [5.74, 6) is -0.336. The Bertz CT molecular complexity index is 561. The Morgan fingerprint density at radius 1 is 0.882 bits per heavy atom. The molecule has 10 atom stereocenters. The van der Waals surface area contributed by atoms with Gasteiger partial charge >= 0.3 is 5.97 Å². The van der Waals surface area contributed by atoms with Crippen LogP contribution in [-0.2, 0) is 33.3 Å². The quantitative estimate of drug-likeness (QED) is 0.126. The molecule has 14 nitrogen and oxygen atoms in total. The number of hydrogen-bond donors (Lipinski definition) is 7. The second-order valence-corrected chi connectivity index (χ2v) is 7.08. The molecule has 34 heavy (non-hydrogen) atoms. The Labute approximate surface area is 197 Å². The standard InChI is InChI=1S/C13H24O11.C5H8O3.C2H6/c1-21-3-5-11(8(17)9(18)12(20)22-5)24-13-10(19)7(16)6(15)4(2-14)23-13;1-8-5(7)3-2-4-6;1-2/h4-20H,2-3H2,1H3;4H,2-3H2,1H3;1-2H3. The molecule has 0 spiro atoms. The molecular formula is C20H38O14. The maximum Gasteiger partial charge on any atom is 0.305 e. The van der Waals surface area contributed by atoms with Crippen LogP contribution in [0.2, 0.25) is 0 Å². The van der Waals surface area contributed by atoms with Crippen molar-refractivity contribution in [1.29, 1.82) is 0 Å². The fourth-order valence-corrected chi connectivity index (χ4v) is 3.00. The zero-order chi connectivity index (χ0) is 26.4. The van der Waals surface area contributed by atoms with Gasteiger partial charge < -0.3 is 64.2 Å². The van der Waals surface area contributed by atoms with E-state index in [2.05, 4.69) is 4.74 Å². The molecule has 0 aromatic carbocycles. The lowest BCUT2D eigenvalue weighted by atomic mass is 9.97. The van der Waals surface area contributed by atoms with E-state index >= 15 is 0 Å². The monoisotopic (exact) mass is 502 g/mol. The van der Waals surface area contributed by atoms with Gasteiger partial charge in [-0.25, -0.2) is 0 Å². The number of aliphatic hydroxyl groups is 7. The minimum absolute atomic E-state index is 0.108. The van der Waals surface area contributed by atoms with E-state index in [4.69, 9.17) is 24.1 Å². The molecule has 2 fully saturated rings. The Morgan fingerprint density at radius 2 is 1.50 bits per heavy atom. The van der Waals surface area contributed by atoms with Crippen molar-refractivity contribution in [3.63, 3.8) is 0 Å². The van der Waals surface area contributed by atoms with Gasteiger partial charge in [0.2, 0.25) is 0 Å². The molecule has 14 heteroatoms. The number of carbonyl (C=O) groups is 2. The van der Waals surface area contributed by atoms with Crippen LogP contribution in [0.15, 0.2) is 0 Å². The van der Waals surface area contributed by atoms with E-state index in [1.807, 2.05) is 13.8 Å². The number of ether oxygens (including phenoxy) is 5. The van der Waals surface area contributed by atoms with Gasteiger partial charge in [-0.1, -0.05) is 13.8 Å². The molecule has 0 aromatic rings. The zero-order valence-electron chi connectivity index (χ0n) is 19.7. The summed E-state index contributed by atoms with van der Waals surface area (Å²) in [5.41, 5.74) is 0. The van der Waals surface area contributed by atoms with Gasteiger partial charge in [0.1, 0.15) is 55.1 Å². The molecule has 2 rings (SSSR count). The smallest absolute Gasteiger partial charge is 0.305 e. The lowest BCUT2D eigenvalue weighted by molar-refractivity contribution is -0.355. The van der Waals surface area contributed by atoms with Crippen molar-refractivity contribution in [1.82, 2.24) is 0 Å². The van der Waals surface area contributed by atoms with Crippen molar-refractivity contribution < 1.29 is 69.0 Å². The number of methoxy groups -OCH3 is 2. The SMILES string of the molecule is CC.COC(=O)CCC=O.COCC1OC(O)C(O)C(O)C1OC1OC(CO)C(O)C(O)C1O. The van der Waals surface area contributed by atoms with Crippen molar-refractivity contribution in [2.45, 2.75) is 88.1 Å². The van der Waals surface area contributed by atoms with E-state index < -0.39 is 68.0 Å². The van der Waals surface area contributed by atoms with E-state index in [-0.39, 0.29) is 25.4 Å². The molecule has 7 N–H and O–H groups in total. The third kappa shape index (κ3) is 9.39. The summed E-state index contributed by atoms with van der Waals surface area (Å²) in [6, 6.07) is 0. The predicted molar refractivity (Wildman–Crippen MR) is 112 cm³/mol. The second-order valence-electron chi connectivity index (χ2n) is 7.08. The van der Waals surface area contributed by atoms with E-state index in [0.717, 1.165) is 0 Å². The number of aliphatic hydroxyl groups excluding tert-OH is 7. The highest BCUT2D eigenvalue weighted by Gasteiger charge is 2.50. The molecule has 0 aliphatic carbocycles. The van der Waals surface area contributed by atoms with Gasteiger partial charge in [-0.3, -0.25) is 4.79 Å². The second kappa shape index (κ2) is 17.2. The first-order chi connectivity index (χ1) is 16.1. The molecular weight excluding hydrogens is 464 g/mol. The summed E-state index contributed by atoms with van der Waals surface area (Å²) < 4.78 is 24.8. The van der Waals surface area contributed by atoms with Crippen LogP contribution in [-0.4, -0.2) is 137 Å². The third-order valence-corrected chi connectivity index (χ3v) is 4.82. The molecule has 0 aromatic heterocycles. The molecule has 202 valence electrons. The first-order valence-corrected chi connectivity index (χ1v) is 10.8. The first-order valence-electron chi connectivity index (χ1n) is 10.8.